The smallest absolute Gasteiger partial charge is 0.320 e. The molecule has 3 N–H and O–H groups in total. The van der Waals surface area contributed by atoms with Gasteiger partial charge < -0.3 is 10.6 Å². The minimum absolute atomic E-state index is 0.158. The van der Waals surface area contributed by atoms with Gasteiger partial charge in [-0.1, -0.05) is 19.3 Å². The predicted molar refractivity (Wildman–Crippen MR) is 82.0 cm³/mol. The van der Waals surface area contributed by atoms with Gasteiger partial charge in [-0.2, -0.15) is 0 Å². The Morgan fingerprint density at radius 1 is 1.25 bits per heavy atom. The molecule has 110 valence electrons. The predicted octanol–water partition coefficient (Wildman–Crippen LogP) is 3.36. The average molecular weight is 276 g/mol. The van der Waals surface area contributed by atoms with Crippen LogP contribution in [-0.4, -0.2) is 23.1 Å². The molecule has 1 aromatic rings. The molecule has 20 heavy (non-hydrogen) atoms. The maximum absolute atomic E-state index is 11.9. The zero-order valence-electron chi connectivity index (χ0n) is 12.3. The number of amides is 2. The molecular formula is C15H24N4O. The van der Waals surface area contributed by atoms with Crippen LogP contribution in [-0.2, 0) is 0 Å². The monoisotopic (exact) mass is 276 g/mol. The van der Waals surface area contributed by atoms with Gasteiger partial charge in [0.2, 0.25) is 0 Å². The molecule has 2 rings (SSSR count). The molecule has 0 unspecified atom stereocenters. The van der Waals surface area contributed by atoms with Crippen LogP contribution in [0.15, 0.2) is 18.3 Å². The van der Waals surface area contributed by atoms with Gasteiger partial charge in [-0.05, 0) is 38.8 Å². The van der Waals surface area contributed by atoms with Gasteiger partial charge in [0.05, 0.1) is 11.9 Å². The zero-order valence-corrected chi connectivity index (χ0v) is 12.3. The van der Waals surface area contributed by atoms with Crippen molar-refractivity contribution in [1.29, 1.82) is 0 Å². The zero-order chi connectivity index (χ0) is 14.4. The maximum atomic E-state index is 11.9. The van der Waals surface area contributed by atoms with Gasteiger partial charge in [-0.15, -0.1) is 0 Å². The number of hydrogen-bond donors (Lipinski definition) is 3. The van der Waals surface area contributed by atoms with E-state index in [1.165, 1.54) is 19.3 Å². The van der Waals surface area contributed by atoms with Crippen molar-refractivity contribution in [2.45, 2.75) is 58.0 Å². The second-order valence-corrected chi connectivity index (χ2v) is 5.66. The van der Waals surface area contributed by atoms with E-state index in [4.69, 9.17) is 0 Å². The van der Waals surface area contributed by atoms with Crippen LogP contribution in [0, 0.1) is 0 Å². The third-order valence-corrected chi connectivity index (χ3v) is 3.40. The highest BCUT2D eigenvalue weighted by molar-refractivity contribution is 5.88. The van der Waals surface area contributed by atoms with E-state index in [9.17, 15) is 4.79 Å². The van der Waals surface area contributed by atoms with Crippen LogP contribution in [0.2, 0.25) is 0 Å². The fraction of sp³-hybridized carbons (Fsp3) is 0.600. The highest BCUT2D eigenvalue weighted by Crippen LogP contribution is 2.17. The number of anilines is 2. The molecule has 0 aromatic carbocycles. The second kappa shape index (κ2) is 7.12. The fourth-order valence-corrected chi connectivity index (χ4v) is 2.47. The summed E-state index contributed by atoms with van der Waals surface area (Å²) >= 11 is 0. The standard InChI is InChI=1S/C15H24N4O/c1-11(2)17-13-8-9-14(16-10-13)19-15(20)18-12-6-4-3-5-7-12/h8-12,17H,3-7H2,1-2H3,(H2,16,18,19,20). The first-order valence-electron chi connectivity index (χ1n) is 7.43. The number of nitrogens with one attached hydrogen (secondary N) is 3. The van der Waals surface area contributed by atoms with Crippen molar-refractivity contribution < 1.29 is 4.79 Å². The van der Waals surface area contributed by atoms with E-state index < -0.39 is 0 Å². The molecule has 0 spiro atoms. The quantitative estimate of drug-likeness (QED) is 0.790. The summed E-state index contributed by atoms with van der Waals surface area (Å²) in [5, 5.41) is 9.05. The molecule has 0 atom stereocenters. The van der Waals surface area contributed by atoms with Crippen LogP contribution in [0.4, 0.5) is 16.3 Å². The molecule has 1 aliphatic rings. The van der Waals surface area contributed by atoms with E-state index in [2.05, 4.69) is 34.8 Å². The van der Waals surface area contributed by atoms with Gasteiger partial charge in [-0.25, -0.2) is 9.78 Å². The van der Waals surface area contributed by atoms with Crippen LogP contribution in [0.25, 0.3) is 0 Å². The number of carbonyl (C=O) groups is 1. The summed E-state index contributed by atoms with van der Waals surface area (Å²) in [6, 6.07) is 4.25. The molecule has 0 aliphatic heterocycles. The molecule has 1 heterocycles. The SMILES string of the molecule is CC(C)Nc1ccc(NC(=O)NC2CCCCC2)nc1. The van der Waals surface area contributed by atoms with E-state index in [0.717, 1.165) is 18.5 Å². The molecule has 1 saturated carbocycles. The summed E-state index contributed by atoms with van der Waals surface area (Å²) in [7, 11) is 0. The third-order valence-electron chi connectivity index (χ3n) is 3.40. The van der Waals surface area contributed by atoms with Gasteiger partial charge in [0.1, 0.15) is 5.82 Å². The largest absolute Gasteiger partial charge is 0.382 e. The summed E-state index contributed by atoms with van der Waals surface area (Å²) in [5.74, 6) is 0.576. The molecule has 5 nitrogen and oxygen atoms in total. The van der Waals surface area contributed by atoms with Crippen molar-refractivity contribution in [1.82, 2.24) is 10.3 Å². The first-order chi connectivity index (χ1) is 9.63. The summed E-state index contributed by atoms with van der Waals surface area (Å²) < 4.78 is 0. The number of rotatable bonds is 4. The van der Waals surface area contributed by atoms with Crippen LogP contribution in [0.3, 0.4) is 0 Å². The lowest BCUT2D eigenvalue weighted by molar-refractivity contribution is 0.244. The Hall–Kier alpha value is -1.78. The molecule has 1 aliphatic carbocycles. The summed E-state index contributed by atoms with van der Waals surface area (Å²) in [4.78, 5) is 16.1. The highest BCUT2D eigenvalue weighted by Gasteiger charge is 2.15. The topological polar surface area (TPSA) is 66.0 Å². The van der Waals surface area contributed by atoms with Crippen molar-refractivity contribution in [3.63, 3.8) is 0 Å². The minimum Gasteiger partial charge on any atom is -0.382 e. The number of hydrogen-bond acceptors (Lipinski definition) is 3. The molecule has 2 amide bonds. The highest BCUT2D eigenvalue weighted by atomic mass is 16.2. The van der Waals surface area contributed by atoms with Crippen LogP contribution in [0.1, 0.15) is 46.0 Å². The number of carbonyl (C=O) groups excluding carboxylic acids is 1. The molecule has 5 heteroatoms. The van der Waals surface area contributed by atoms with Crippen molar-refractivity contribution in [3.8, 4) is 0 Å². The van der Waals surface area contributed by atoms with E-state index in [1.807, 2.05) is 12.1 Å². The lowest BCUT2D eigenvalue weighted by atomic mass is 9.96. The van der Waals surface area contributed by atoms with Crippen LogP contribution >= 0.6 is 0 Å². The Morgan fingerprint density at radius 2 is 2.00 bits per heavy atom. The maximum Gasteiger partial charge on any atom is 0.320 e. The number of aromatic nitrogens is 1. The van der Waals surface area contributed by atoms with E-state index in [0.29, 0.717) is 17.9 Å². The van der Waals surface area contributed by atoms with Gasteiger partial charge in [-0.3, -0.25) is 5.32 Å². The van der Waals surface area contributed by atoms with Gasteiger partial charge >= 0.3 is 6.03 Å². The molecule has 0 bridgehead atoms. The van der Waals surface area contributed by atoms with E-state index in [1.54, 1.807) is 6.20 Å². The summed E-state index contributed by atoms with van der Waals surface area (Å²) in [6.45, 7) is 4.15. The summed E-state index contributed by atoms with van der Waals surface area (Å²) in [5.41, 5.74) is 0.957. The molecule has 1 aromatic heterocycles. The second-order valence-electron chi connectivity index (χ2n) is 5.66. The van der Waals surface area contributed by atoms with E-state index >= 15 is 0 Å². The van der Waals surface area contributed by atoms with Gasteiger partial charge in [0.15, 0.2) is 0 Å². The number of pyridine rings is 1. The van der Waals surface area contributed by atoms with Crippen molar-refractivity contribution in [2.75, 3.05) is 10.6 Å². The van der Waals surface area contributed by atoms with E-state index in [-0.39, 0.29) is 6.03 Å². The Balaban J connectivity index is 1.81. The first-order valence-corrected chi connectivity index (χ1v) is 7.43. The lowest BCUT2D eigenvalue weighted by Gasteiger charge is -2.22. The van der Waals surface area contributed by atoms with Crippen molar-refractivity contribution >= 4 is 17.5 Å². The van der Waals surface area contributed by atoms with Crippen molar-refractivity contribution in [3.05, 3.63) is 18.3 Å². The summed E-state index contributed by atoms with van der Waals surface area (Å²) in [6.07, 6.45) is 7.59. The van der Waals surface area contributed by atoms with Crippen LogP contribution in [0.5, 0.6) is 0 Å². The molecule has 0 saturated heterocycles. The minimum atomic E-state index is -0.158. The molecule has 0 radical (unpaired) electrons. The Kier molecular flexibility index (Phi) is 5.21. The molecule has 1 fully saturated rings. The Morgan fingerprint density at radius 3 is 2.60 bits per heavy atom. The third kappa shape index (κ3) is 4.72. The Labute approximate surface area is 120 Å². The first kappa shape index (κ1) is 14.6. The van der Waals surface area contributed by atoms with Gasteiger partial charge in [0.25, 0.3) is 0 Å². The normalized spacial score (nSPS) is 15.9. The Bertz CT molecular complexity index is 424. The fourth-order valence-electron chi connectivity index (χ4n) is 2.47. The average Bonchev–Trinajstić information content (AvgIpc) is 2.41. The van der Waals surface area contributed by atoms with Crippen molar-refractivity contribution in [2.24, 2.45) is 0 Å². The molecular weight excluding hydrogens is 252 g/mol. The number of urea groups is 1. The number of nitrogens with zero attached hydrogens (tertiary/aromatic N) is 1. The lowest BCUT2D eigenvalue weighted by Crippen LogP contribution is -2.39. The van der Waals surface area contributed by atoms with Gasteiger partial charge in [0, 0.05) is 12.1 Å². The van der Waals surface area contributed by atoms with Crippen LogP contribution < -0.4 is 16.0 Å².